The summed E-state index contributed by atoms with van der Waals surface area (Å²) in [6.07, 6.45) is 0. The van der Waals surface area contributed by atoms with Crippen LogP contribution in [0.4, 0.5) is 0 Å². The Labute approximate surface area is 88.9 Å². The van der Waals surface area contributed by atoms with E-state index in [0.717, 1.165) is 0 Å². The summed E-state index contributed by atoms with van der Waals surface area (Å²) in [6.45, 7) is 19.5. The molecule has 80 valence electrons. The first-order valence-corrected chi connectivity index (χ1v) is 19.1. The van der Waals surface area contributed by atoms with Crippen molar-refractivity contribution in [1.29, 1.82) is 0 Å². The fraction of sp³-hybridized carbons (Fsp3) is 1.00. The van der Waals surface area contributed by atoms with E-state index in [4.69, 9.17) is 4.12 Å². The third-order valence-electron chi connectivity index (χ3n) is 2.85. The van der Waals surface area contributed by atoms with E-state index >= 15 is 0 Å². The molecular weight excluding hydrogens is 224 g/mol. The highest BCUT2D eigenvalue weighted by atomic mass is 29.3. The van der Waals surface area contributed by atoms with Crippen LogP contribution in [0.5, 0.6) is 0 Å². The molecule has 0 rings (SSSR count). The van der Waals surface area contributed by atoms with Gasteiger partial charge in [-0.3, -0.25) is 0 Å². The highest BCUT2D eigenvalue weighted by molar-refractivity contribution is 7.35. The Bertz CT molecular complexity index is 141. The molecule has 0 aliphatic rings. The number of hydrogen-bond donors (Lipinski definition) is 0. The SMILES string of the molecule is C[SiH](O[SiH](C)[Si](C)(C)C)[Si](C)(C)C. The van der Waals surface area contributed by atoms with Gasteiger partial charge in [-0.05, 0) is 0 Å². The zero-order chi connectivity index (χ0) is 10.9. The first-order chi connectivity index (χ1) is 5.55. The lowest BCUT2D eigenvalue weighted by Crippen LogP contribution is -2.52. The van der Waals surface area contributed by atoms with Crippen molar-refractivity contribution in [3.8, 4) is 0 Å². The Hall–Kier alpha value is 0.828. The minimum Gasteiger partial charge on any atom is -0.465 e. The van der Waals surface area contributed by atoms with Gasteiger partial charge < -0.3 is 4.12 Å². The van der Waals surface area contributed by atoms with Crippen LogP contribution in [0.1, 0.15) is 0 Å². The summed E-state index contributed by atoms with van der Waals surface area (Å²) in [5.74, 6) is 0. The molecule has 0 bridgehead atoms. The normalized spacial score (nSPS) is 18.5. The molecule has 0 amide bonds. The van der Waals surface area contributed by atoms with Gasteiger partial charge in [0, 0.05) is 0 Å². The molecule has 13 heavy (non-hydrogen) atoms. The monoisotopic (exact) mass is 250 g/mol. The molecule has 0 aromatic carbocycles. The van der Waals surface area contributed by atoms with E-state index < -0.39 is 32.3 Å². The molecule has 0 aliphatic carbocycles. The van der Waals surface area contributed by atoms with Gasteiger partial charge in [0.05, 0.1) is 15.2 Å². The summed E-state index contributed by atoms with van der Waals surface area (Å²) >= 11 is 0. The molecule has 0 N–H and O–H groups in total. The van der Waals surface area contributed by atoms with E-state index in [2.05, 4.69) is 52.4 Å². The van der Waals surface area contributed by atoms with Crippen molar-refractivity contribution in [3.05, 3.63) is 0 Å². The second kappa shape index (κ2) is 4.56. The van der Waals surface area contributed by atoms with Crippen LogP contribution in [0.15, 0.2) is 0 Å². The topological polar surface area (TPSA) is 9.23 Å². The van der Waals surface area contributed by atoms with Gasteiger partial charge in [-0.15, -0.1) is 0 Å². The molecule has 0 saturated carbocycles. The van der Waals surface area contributed by atoms with E-state index in [1.807, 2.05) is 0 Å². The molecule has 5 heteroatoms. The van der Waals surface area contributed by atoms with Crippen LogP contribution in [0.2, 0.25) is 52.4 Å². The summed E-state index contributed by atoms with van der Waals surface area (Å²) in [4.78, 5) is 0. The van der Waals surface area contributed by atoms with Gasteiger partial charge in [0.2, 0.25) is 0 Å². The molecule has 0 heterocycles. The smallest absolute Gasteiger partial charge is 0.146 e. The maximum absolute atomic E-state index is 6.38. The Morgan fingerprint density at radius 1 is 0.692 bits per heavy atom. The van der Waals surface area contributed by atoms with Crippen LogP contribution in [-0.2, 0) is 4.12 Å². The lowest BCUT2D eigenvalue weighted by atomic mass is 11.8. The van der Waals surface area contributed by atoms with E-state index in [0.29, 0.717) is 0 Å². The summed E-state index contributed by atoms with van der Waals surface area (Å²) in [7, 11) is -3.48. The largest absolute Gasteiger partial charge is 0.465 e. The molecule has 0 spiro atoms. The van der Waals surface area contributed by atoms with Crippen LogP contribution in [0, 0.1) is 0 Å². The fourth-order valence-electron chi connectivity index (χ4n) is 0.714. The molecule has 2 atom stereocenters. The van der Waals surface area contributed by atoms with Crippen molar-refractivity contribution in [2.45, 2.75) is 52.4 Å². The summed E-state index contributed by atoms with van der Waals surface area (Å²) in [5, 5.41) is 0. The predicted molar refractivity (Wildman–Crippen MR) is 73.8 cm³/mol. The number of rotatable bonds is 4. The zero-order valence-electron chi connectivity index (χ0n) is 10.6. The van der Waals surface area contributed by atoms with Crippen LogP contribution in [0.25, 0.3) is 0 Å². The molecular formula is C8H26OSi4. The van der Waals surface area contributed by atoms with E-state index in [1.54, 1.807) is 0 Å². The van der Waals surface area contributed by atoms with Gasteiger partial charge >= 0.3 is 0 Å². The summed E-state index contributed by atoms with van der Waals surface area (Å²) in [5.41, 5.74) is 0. The molecule has 0 saturated heterocycles. The van der Waals surface area contributed by atoms with Gasteiger partial charge in [-0.2, -0.15) is 0 Å². The molecule has 1 nitrogen and oxygen atoms in total. The molecule has 0 aromatic rings. The summed E-state index contributed by atoms with van der Waals surface area (Å²) in [6, 6.07) is 0. The Kier molecular flexibility index (Phi) is 4.86. The van der Waals surface area contributed by atoms with E-state index in [1.165, 1.54) is 0 Å². The van der Waals surface area contributed by atoms with Crippen molar-refractivity contribution >= 4 is 32.3 Å². The highest BCUT2D eigenvalue weighted by Gasteiger charge is 2.32. The lowest BCUT2D eigenvalue weighted by molar-refractivity contribution is 0.628. The van der Waals surface area contributed by atoms with Crippen LogP contribution in [0.3, 0.4) is 0 Å². The Morgan fingerprint density at radius 2 is 0.923 bits per heavy atom. The van der Waals surface area contributed by atoms with Crippen LogP contribution >= 0.6 is 0 Å². The quantitative estimate of drug-likeness (QED) is 0.697. The van der Waals surface area contributed by atoms with Crippen LogP contribution in [-0.4, -0.2) is 32.3 Å². The zero-order valence-corrected chi connectivity index (χ0v) is 14.9. The second-order valence-electron chi connectivity index (χ2n) is 6.15. The van der Waals surface area contributed by atoms with Crippen molar-refractivity contribution < 1.29 is 4.12 Å². The Morgan fingerprint density at radius 3 is 1.08 bits per heavy atom. The third kappa shape index (κ3) is 5.31. The first kappa shape index (κ1) is 13.8. The van der Waals surface area contributed by atoms with E-state index in [9.17, 15) is 0 Å². The standard InChI is InChI=1S/C8H26OSi4/c1-10(12(3,4)5)9-11(2)13(6,7)8/h10-11H,1-8H3. The van der Waals surface area contributed by atoms with Gasteiger partial charge in [0.25, 0.3) is 0 Å². The molecule has 0 fully saturated rings. The predicted octanol–water partition coefficient (Wildman–Crippen LogP) is 2.54. The van der Waals surface area contributed by atoms with Gasteiger partial charge in [0.15, 0.2) is 0 Å². The van der Waals surface area contributed by atoms with Crippen molar-refractivity contribution in [3.63, 3.8) is 0 Å². The summed E-state index contributed by atoms with van der Waals surface area (Å²) < 4.78 is 6.38. The number of hydrogen-bond acceptors (Lipinski definition) is 1. The van der Waals surface area contributed by atoms with Crippen molar-refractivity contribution in [2.24, 2.45) is 0 Å². The third-order valence-corrected chi connectivity index (χ3v) is 28.1. The average molecular weight is 251 g/mol. The first-order valence-electron chi connectivity index (χ1n) is 5.20. The van der Waals surface area contributed by atoms with Crippen molar-refractivity contribution in [1.82, 2.24) is 0 Å². The fourth-order valence-corrected chi connectivity index (χ4v) is 18.7. The molecule has 0 radical (unpaired) electrons. The molecule has 0 aromatic heterocycles. The van der Waals surface area contributed by atoms with E-state index in [-0.39, 0.29) is 0 Å². The van der Waals surface area contributed by atoms with Crippen LogP contribution < -0.4 is 0 Å². The van der Waals surface area contributed by atoms with Gasteiger partial charge in [0.1, 0.15) is 17.1 Å². The Balaban J connectivity index is 4.15. The maximum atomic E-state index is 6.38. The minimum atomic E-state index is -0.929. The minimum absolute atomic E-state index is 0.813. The lowest BCUT2D eigenvalue weighted by Gasteiger charge is -2.32. The van der Waals surface area contributed by atoms with Gasteiger partial charge in [-0.1, -0.05) is 52.4 Å². The maximum Gasteiger partial charge on any atom is 0.146 e. The second-order valence-corrected chi connectivity index (χ2v) is 34.5. The molecule has 0 aliphatic heterocycles. The van der Waals surface area contributed by atoms with Crippen molar-refractivity contribution in [2.75, 3.05) is 0 Å². The average Bonchev–Trinajstić information content (AvgIpc) is 1.82. The molecule has 2 unspecified atom stereocenters. The van der Waals surface area contributed by atoms with Gasteiger partial charge in [-0.25, -0.2) is 0 Å². The highest BCUT2D eigenvalue weighted by Crippen LogP contribution is 2.13.